The molecule has 1 heterocycles. The van der Waals surface area contributed by atoms with Gasteiger partial charge < -0.3 is 0 Å². The molecule has 0 bridgehead atoms. The lowest BCUT2D eigenvalue weighted by Gasteiger charge is -2.05. The average Bonchev–Trinajstić information content (AvgIpc) is 2.40. The maximum Gasteiger partial charge on any atom is 0.100 e. The number of rotatable bonds is 2. The molecule has 2 rings (SSSR count). The van der Waals surface area contributed by atoms with Gasteiger partial charge in [-0.25, -0.2) is 0 Å². The van der Waals surface area contributed by atoms with Crippen LogP contribution in [-0.2, 0) is 0 Å². The van der Waals surface area contributed by atoms with E-state index >= 15 is 0 Å². The van der Waals surface area contributed by atoms with Crippen LogP contribution in [0.3, 0.4) is 0 Å². The fourth-order valence-corrected chi connectivity index (χ4v) is 2.29. The first-order chi connectivity index (χ1) is 8.35. The zero-order valence-corrected chi connectivity index (χ0v) is 9.61. The summed E-state index contributed by atoms with van der Waals surface area (Å²) in [7, 11) is 0. The molecule has 0 atom stereocenters. The first kappa shape index (κ1) is 11.2. The summed E-state index contributed by atoms with van der Waals surface area (Å²) in [6, 6.07) is 13.0. The van der Waals surface area contributed by atoms with E-state index in [4.69, 9.17) is 10.5 Å². The maximum absolute atomic E-state index is 9.03. The summed E-state index contributed by atoms with van der Waals surface area (Å²) in [6.45, 7) is 0. The summed E-state index contributed by atoms with van der Waals surface area (Å²) in [5.74, 6) is 0. The molecule has 2 aromatic rings. The van der Waals surface area contributed by atoms with E-state index in [2.05, 4.69) is 17.1 Å². The van der Waals surface area contributed by atoms with Gasteiger partial charge in [-0.15, -0.1) is 0 Å². The molecule has 0 aliphatic carbocycles. The molecule has 0 amide bonds. The van der Waals surface area contributed by atoms with Crippen LogP contribution in [0.15, 0.2) is 52.5 Å². The van der Waals surface area contributed by atoms with Gasteiger partial charge in [0, 0.05) is 22.2 Å². The largest absolute Gasteiger partial charge is 0.265 e. The quantitative estimate of drug-likeness (QED) is 0.805. The summed E-state index contributed by atoms with van der Waals surface area (Å²) >= 11 is 1.40. The Kier molecular flexibility index (Phi) is 3.40. The highest BCUT2D eigenvalue weighted by atomic mass is 32.2. The molecule has 0 aliphatic rings. The van der Waals surface area contributed by atoms with Crippen LogP contribution in [0.2, 0.25) is 0 Å². The van der Waals surface area contributed by atoms with Crippen molar-refractivity contribution in [1.29, 1.82) is 10.5 Å². The highest BCUT2D eigenvalue weighted by Gasteiger charge is 2.09. The summed E-state index contributed by atoms with van der Waals surface area (Å²) in [5, 5.41) is 18.1. The molecule has 80 valence electrons. The van der Waals surface area contributed by atoms with Gasteiger partial charge in [-0.3, -0.25) is 4.98 Å². The summed E-state index contributed by atoms with van der Waals surface area (Å²) in [6.07, 6.45) is 3.37. The third kappa shape index (κ3) is 2.44. The average molecular weight is 237 g/mol. The molecule has 0 spiro atoms. The summed E-state index contributed by atoms with van der Waals surface area (Å²) < 4.78 is 0. The minimum atomic E-state index is 0.519. The van der Waals surface area contributed by atoms with Gasteiger partial charge in [-0.05, 0) is 24.3 Å². The van der Waals surface area contributed by atoms with Crippen LogP contribution >= 0.6 is 11.8 Å². The predicted octanol–water partition coefficient (Wildman–Crippen LogP) is 2.98. The molecule has 3 nitrogen and oxygen atoms in total. The van der Waals surface area contributed by atoms with Crippen molar-refractivity contribution >= 4 is 11.8 Å². The molecular formula is C13H7N3S. The summed E-state index contributed by atoms with van der Waals surface area (Å²) in [5.41, 5.74) is 1.04. The van der Waals surface area contributed by atoms with E-state index in [1.165, 1.54) is 11.8 Å². The molecular weight excluding hydrogens is 230 g/mol. The second-order valence-corrected chi connectivity index (χ2v) is 4.27. The number of pyridine rings is 1. The van der Waals surface area contributed by atoms with Crippen LogP contribution in [0, 0.1) is 22.7 Å². The first-order valence-corrected chi connectivity index (χ1v) is 5.68. The maximum atomic E-state index is 9.03. The second-order valence-electron chi connectivity index (χ2n) is 3.19. The SMILES string of the molecule is N#Cc1cccc(C#N)c1Sc1ccncc1. The van der Waals surface area contributed by atoms with Crippen molar-refractivity contribution in [3.63, 3.8) is 0 Å². The Balaban J connectivity index is 2.46. The standard InChI is InChI=1S/C13H7N3S/c14-8-10-2-1-3-11(9-15)13(10)17-12-4-6-16-7-5-12/h1-7H. The molecule has 0 saturated heterocycles. The molecule has 0 radical (unpaired) electrons. The minimum Gasteiger partial charge on any atom is -0.265 e. The topological polar surface area (TPSA) is 60.5 Å². The fraction of sp³-hybridized carbons (Fsp3) is 0. The van der Waals surface area contributed by atoms with E-state index in [-0.39, 0.29) is 0 Å². The van der Waals surface area contributed by atoms with Crippen LogP contribution in [0.5, 0.6) is 0 Å². The highest BCUT2D eigenvalue weighted by molar-refractivity contribution is 7.99. The lowest BCUT2D eigenvalue weighted by Crippen LogP contribution is -1.87. The number of hydrogen-bond acceptors (Lipinski definition) is 4. The number of hydrogen-bond donors (Lipinski definition) is 0. The van der Waals surface area contributed by atoms with E-state index in [1.807, 2.05) is 12.1 Å². The van der Waals surface area contributed by atoms with Crippen LogP contribution < -0.4 is 0 Å². The number of aromatic nitrogens is 1. The van der Waals surface area contributed by atoms with Crippen molar-refractivity contribution in [2.75, 3.05) is 0 Å². The molecule has 0 fully saturated rings. The minimum absolute atomic E-state index is 0.519. The number of nitrogens with zero attached hydrogens (tertiary/aromatic N) is 3. The fourth-order valence-electron chi connectivity index (χ4n) is 1.35. The normalized spacial score (nSPS) is 9.29. The monoisotopic (exact) mass is 237 g/mol. The Morgan fingerprint density at radius 2 is 1.53 bits per heavy atom. The molecule has 4 heteroatoms. The van der Waals surface area contributed by atoms with Crippen molar-refractivity contribution < 1.29 is 0 Å². The van der Waals surface area contributed by atoms with Crippen molar-refractivity contribution in [3.05, 3.63) is 53.9 Å². The highest BCUT2D eigenvalue weighted by Crippen LogP contribution is 2.32. The van der Waals surface area contributed by atoms with Gasteiger partial charge in [0.2, 0.25) is 0 Å². The van der Waals surface area contributed by atoms with Crippen LogP contribution in [-0.4, -0.2) is 4.98 Å². The van der Waals surface area contributed by atoms with Gasteiger partial charge in [0.1, 0.15) is 12.1 Å². The number of nitriles is 2. The smallest absolute Gasteiger partial charge is 0.100 e. The van der Waals surface area contributed by atoms with E-state index in [1.54, 1.807) is 30.6 Å². The molecule has 0 aliphatic heterocycles. The predicted molar refractivity (Wildman–Crippen MR) is 64.2 cm³/mol. The van der Waals surface area contributed by atoms with Crippen molar-refractivity contribution in [2.45, 2.75) is 9.79 Å². The number of benzene rings is 1. The van der Waals surface area contributed by atoms with E-state index in [0.29, 0.717) is 16.0 Å². The molecule has 0 N–H and O–H groups in total. The second kappa shape index (κ2) is 5.16. The van der Waals surface area contributed by atoms with Crippen LogP contribution in [0.1, 0.15) is 11.1 Å². The Bertz CT molecular complexity index is 577. The lowest BCUT2D eigenvalue weighted by molar-refractivity contribution is 1.25. The molecule has 17 heavy (non-hydrogen) atoms. The Labute approximate surface area is 103 Å². The van der Waals surface area contributed by atoms with Gasteiger partial charge in [0.25, 0.3) is 0 Å². The van der Waals surface area contributed by atoms with Crippen molar-refractivity contribution in [3.8, 4) is 12.1 Å². The zero-order chi connectivity index (χ0) is 12.1. The van der Waals surface area contributed by atoms with Crippen LogP contribution in [0.4, 0.5) is 0 Å². The van der Waals surface area contributed by atoms with Crippen LogP contribution in [0.25, 0.3) is 0 Å². The Morgan fingerprint density at radius 1 is 0.941 bits per heavy atom. The lowest BCUT2D eigenvalue weighted by atomic mass is 10.1. The molecule has 0 saturated carbocycles. The van der Waals surface area contributed by atoms with E-state index in [9.17, 15) is 0 Å². The van der Waals surface area contributed by atoms with Gasteiger partial charge in [-0.1, -0.05) is 17.8 Å². The van der Waals surface area contributed by atoms with E-state index in [0.717, 1.165) is 4.90 Å². The molecule has 1 aromatic heterocycles. The van der Waals surface area contributed by atoms with Gasteiger partial charge >= 0.3 is 0 Å². The third-order valence-electron chi connectivity index (χ3n) is 2.13. The first-order valence-electron chi connectivity index (χ1n) is 4.86. The van der Waals surface area contributed by atoms with Gasteiger partial charge in [0.15, 0.2) is 0 Å². The zero-order valence-electron chi connectivity index (χ0n) is 8.79. The molecule has 0 unspecified atom stereocenters. The van der Waals surface area contributed by atoms with Crippen molar-refractivity contribution in [2.24, 2.45) is 0 Å². The van der Waals surface area contributed by atoms with E-state index < -0.39 is 0 Å². The summed E-state index contributed by atoms with van der Waals surface area (Å²) in [4.78, 5) is 5.58. The third-order valence-corrected chi connectivity index (χ3v) is 3.28. The van der Waals surface area contributed by atoms with Gasteiger partial charge in [0.05, 0.1) is 11.1 Å². The molecule has 1 aromatic carbocycles. The Hall–Kier alpha value is -2.30. The van der Waals surface area contributed by atoms with Crippen molar-refractivity contribution in [1.82, 2.24) is 4.98 Å². The van der Waals surface area contributed by atoms with Gasteiger partial charge in [-0.2, -0.15) is 10.5 Å². The Morgan fingerprint density at radius 3 is 2.06 bits per heavy atom.